The lowest BCUT2D eigenvalue weighted by molar-refractivity contribution is 0.827. The summed E-state index contributed by atoms with van der Waals surface area (Å²) in [5, 5.41) is 5.24. The van der Waals surface area contributed by atoms with Crippen LogP contribution in [-0.4, -0.2) is 24.1 Å². The molecule has 0 aliphatic rings. The second-order valence-corrected chi connectivity index (χ2v) is 7.35. The Balaban J connectivity index is 1.63. The highest BCUT2D eigenvalue weighted by Crippen LogP contribution is 2.18. The average molecular weight is 397 g/mol. The molecule has 0 saturated carbocycles. The Hall–Kier alpha value is -4.00. The van der Waals surface area contributed by atoms with Gasteiger partial charge in [0.25, 0.3) is 0 Å². The first-order valence-corrected chi connectivity index (χ1v) is 9.73. The van der Waals surface area contributed by atoms with Crippen LogP contribution in [0.25, 0.3) is 22.2 Å². The van der Waals surface area contributed by atoms with Gasteiger partial charge in [-0.1, -0.05) is 23.8 Å². The number of hydrogen-bond acceptors (Lipinski definition) is 4. The van der Waals surface area contributed by atoms with Crippen molar-refractivity contribution < 1.29 is 0 Å². The first-order chi connectivity index (χ1) is 14.6. The minimum Gasteiger partial charge on any atom is -0.306 e. The van der Waals surface area contributed by atoms with Gasteiger partial charge in [-0.3, -0.25) is 4.98 Å². The van der Waals surface area contributed by atoms with Gasteiger partial charge in [0, 0.05) is 17.8 Å². The maximum absolute atomic E-state index is 12.9. The molecule has 0 aliphatic carbocycles. The minimum absolute atomic E-state index is 0.352. The van der Waals surface area contributed by atoms with Crippen LogP contribution < -0.4 is 11.4 Å². The van der Waals surface area contributed by atoms with E-state index in [0.29, 0.717) is 16.9 Å². The van der Waals surface area contributed by atoms with Crippen molar-refractivity contribution in [3.8, 4) is 5.69 Å². The van der Waals surface area contributed by atoms with Gasteiger partial charge in [0.2, 0.25) is 0 Å². The molecule has 1 N–H and O–H groups in total. The Morgan fingerprint density at radius 2 is 1.63 bits per heavy atom. The van der Waals surface area contributed by atoms with Gasteiger partial charge in [-0.05, 0) is 67.3 Å². The van der Waals surface area contributed by atoms with E-state index in [1.54, 1.807) is 12.4 Å². The standard InChI is InChI=1S/C23H19N5O2/c1-15-2-7-18(8-3-15)28-23(30)27-21(26-28)19-14-17(6-9-20(19)25-22(27)29)5-4-16-10-12-24-13-11-16/h2-3,6-14H,4-5H2,1H3,(H,25,29). The Morgan fingerprint density at radius 1 is 0.900 bits per heavy atom. The van der Waals surface area contributed by atoms with Crippen molar-refractivity contribution in [2.24, 2.45) is 0 Å². The van der Waals surface area contributed by atoms with Gasteiger partial charge < -0.3 is 4.98 Å². The summed E-state index contributed by atoms with van der Waals surface area (Å²) in [5.41, 5.74) is 4.03. The number of aromatic nitrogens is 5. The lowest BCUT2D eigenvalue weighted by atomic mass is 10.0. The Labute approximate surface area is 171 Å². The predicted octanol–water partition coefficient (Wildman–Crippen LogP) is 2.82. The second-order valence-electron chi connectivity index (χ2n) is 7.35. The van der Waals surface area contributed by atoms with Gasteiger partial charge in [0.1, 0.15) is 0 Å². The predicted molar refractivity (Wildman–Crippen MR) is 115 cm³/mol. The summed E-state index contributed by atoms with van der Waals surface area (Å²) in [5.74, 6) is 0. The number of nitrogens with one attached hydrogen (secondary N) is 1. The molecule has 3 aromatic heterocycles. The van der Waals surface area contributed by atoms with Gasteiger partial charge >= 0.3 is 11.4 Å². The van der Waals surface area contributed by atoms with E-state index < -0.39 is 11.4 Å². The lowest BCUT2D eigenvalue weighted by Crippen LogP contribution is -2.29. The normalized spacial score (nSPS) is 11.4. The maximum atomic E-state index is 12.9. The molecule has 0 fully saturated rings. The smallest absolute Gasteiger partial charge is 0.306 e. The molecule has 0 atom stereocenters. The van der Waals surface area contributed by atoms with Crippen LogP contribution >= 0.6 is 0 Å². The number of H-pyrrole nitrogens is 1. The summed E-state index contributed by atoms with van der Waals surface area (Å²) >= 11 is 0. The SMILES string of the molecule is Cc1ccc(-n2nc3c4cc(CCc5ccncc5)ccc4[nH]c(=O)n3c2=O)cc1. The van der Waals surface area contributed by atoms with Crippen LogP contribution in [-0.2, 0) is 12.8 Å². The molecule has 0 amide bonds. The van der Waals surface area contributed by atoms with Crippen molar-refractivity contribution >= 4 is 16.6 Å². The van der Waals surface area contributed by atoms with Gasteiger partial charge in [0.05, 0.1) is 11.2 Å². The largest absolute Gasteiger partial charge is 0.359 e. The van der Waals surface area contributed by atoms with E-state index in [1.807, 2.05) is 61.5 Å². The van der Waals surface area contributed by atoms with Gasteiger partial charge in [0.15, 0.2) is 5.65 Å². The molecule has 0 radical (unpaired) electrons. The molecule has 7 nitrogen and oxygen atoms in total. The fourth-order valence-electron chi connectivity index (χ4n) is 3.63. The van der Waals surface area contributed by atoms with Crippen LogP contribution in [0.5, 0.6) is 0 Å². The quantitative estimate of drug-likeness (QED) is 0.505. The lowest BCUT2D eigenvalue weighted by Gasteiger charge is -2.05. The van der Waals surface area contributed by atoms with Crippen LogP contribution in [0, 0.1) is 6.92 Å². The van der Waals surface area contributed by atoms with Gasteiger partial charge in [-0.15, -0.1) is 5.10 Å². The molecule has 30 heavy (non-hydrogen) atoms. The summed E-state index contributed by atoms with van der Waals surface area (Å²) in [6.07, 6.45) is 5.27. The zero-order chi connectivity index (χ0) is 20.7. The molecule has 0 unspecified atom stereocenters. The van der Waals surface area contributed by atoms with Crippen molar-refractivity contribution in [1.29, 1.82) is 0 Å². The third-order valence-electron chi connectivity index (χ3n) is 5.28. The number of pyridine rings is 1. The molecule has 5 rings (SSSR count). The molecular weight excluding hydrogens is 378 g/mol. The van der Waals surface area contributed by atoms with E-state index in [2.05, 4.69) is 15.1 Å². The molecule has 0 aliphatic heterocycles. The highest BCUT2D eigenvalue weighted by molar-refractivity contribution is 5.91. The first-order valence-electron chi connectivity index (χ1n) is 9.73. The van der Waals surface area contributed by atoms with E-state index >= 15 is 0 Å². The van der Waals surface area contributed by atoms with Crippen LogP contribution in [0.15, 0.2) is 76.6 Å². The van der Waals surface area contributed by atoms with Crippen LogP contribution in [0.4, 0.5) is 0 Å². The maximum Gasteiger partial charge on any atom is 0.359 e. The van der Waals surface area contributed by atoms with E-state index in [0.717, 1.165) is 33.8 Å². The highest BCUT2D eigenvalue weighted by atomic mass is 16.2. The molecule has 0 saturated heterocycles. The highest BCUT2D eigenvalue weighted by Gasteiger charge is 2.15. The Morgan fingerprint density at radius 3 is 2.40 bits per heavy atom. The molecule has 148 valence electrons. The van der Waals surface area contributed by atoms with E-state index in [4.69, 9.17) is 0 Å². The second kappa shape index (κ2) is 7.11. The van der Waals surface area contributed by atoms with Crippen LogP contribution in [0.1, 0.15) is 16.7 Å². The summed E-state index contributed by atoms with van der Waals surface area (Å²) in [6, 6.07) is 17.3. The minimum atomic E-state index is -0.495. The van der Waals surface area contributed by atoms with E-state index in [-0.39, 0.29) is 0 Å². The van der Waals surface area contributed by atoms with Crippen molar-refractivity contribution in [2.75, 3.05) is 0 Å². The first kappa shape index (κ1) is 18.1. The Kier molecular flexibility index (Phi) is 4.28. The van der Waals surface area contributed by atoms with Gasteiger partial charge in [-0.2, -0.15) is 9.08 Å². The zero-order valence-corrected chi connectivity index (χ0v) is 16.4. The average Bonchev–Trinajstić information content (AvgIpc) is 3.12. The molecule has 0 bridgehead atoms. The van der Waals surface area contributed by atoms with Crippen molar-refractivity contribution in [3.63, 3.8) is 0 Å². The Bertz CT molecular complexity index is 1480. The summed E-state index contributed by atoms with van der Waals surface area (Å²) in [7, 11) is 0. The molecule has 7 heteroatoms. The summed E-state index contributed by atoms with van der Waals surface area (Å²) < 4.78 is 2.36. The summed E-state index contributed by atoms with van der Waals surface area (Å²) in [6.45, 7) is 1.97. The van der Waals surface area contributed by atoms with Crippen LogP contribution in [0.2, 0.25) is 0 Å². The van der Waals surface area contributed by atoms with E-state index in [1.165, 1.54) is 10.2 Å². The summed E-state index contributed by atoms with van der Waals surface area (Å²) in [4.78, 5) is 32.3. The number of hydrogen-bond donors (Lipinski definition) is 1. The van der Waals surface area contributed by atoms with Gasteiger partial charge in [-0.25, -0.2) is 9.59 Å². The number of aryl methyl sites for hydroxylation is 3. The molecule has 5 aromatic rings. The number of aromatic amines is 1. The zero-order valence-electron chi connectivity index (χ0n) is 16.4. The molecule has 0 spiro atoms. The molecule has 2 aromatic carbocycles. The third kappa shape index (κ3) is 3.10. The molecule has 3 heterocycles. The van der Waals surface area contributed by atoms with Crippen molar-refractivity contribution in [1.82, 2.24) is 24.1 Å². The monoisotopic (exact) mass is 397 g/mol. The van der Waals surface area contributed by atoms with Crippen molar-refractivity contribution in [2.45, 2.75) is 19.8 Å². The molecular formula is C23H19N5O2. The number of rotatable bonds is 4. The number of benzene rings is 2. The topological polar surface area (TPSA) is 85.1 Å². The third-order valence-corrected chi connectivity index (χ3v) is 5.28. The van der Waals surface area contributed by atoms with Crippen molar-refractivity contribution in [3.05, 3.63) is 105 Å². The van der Waals surface area contributed by atoms with Crippen LogP contribution in [0.3, 0.4) is 0 Å². The number of nitrogens with zero attached hydrogens (tertiary/aromatic N) is 4. The van der Waals surface area contributed by atoms with E-state index in [9.17, 15) is 9.59 Å². The fraction of sp³-hybridized carbons (Fsp3) is 0.130. The fourth-order valence-corrected chi connectivity index (χ4v) is 3.63. The number of fused-ring (bicyclic) bond motifs is 3.